The van der Waals surface area contributed by atoms with Gasteiger partial charge in [-0.25, -0.2) is 18.2 Å². The Morgan fingerprint density at radius 2 is 2.06 bits per heavy atom. The Hall–Kier alpha value is -3.42. The zero-order chi connectivity index (χ0) is 22.7. The van der Waals surface area contributed by atoms with Crippen LogP contribution in [0.5, 0.6) is 0 Å². The molecule has 0 saturated carbocycles. The molecule has 4 aromatic rings. The number of aliphatic hydroxyl groups excluding tert-OH is 1. The third-order valence-corrected chi connectivity index (χ3v) is 5.75. The van der Waals surface area contributed by atoms with E-state index in [1.54, 1.807) is 24.0 Å². The van der Waals surface area contributed by atoms with Gasteiger partial charge in [-0.05, 0) is 24.6 Å². The SMILES string of the molecule is Cc1nc2c(C#N)c(C(F)F)nn2c(N2CC(O)C2)c1-c1ccnc2cc(F)cc(Cl)c12. The number of aromatic nitrogens is 4. The van der Waals surface area contributed by atoms with E-state index in [2.05, 4.69) is 15.1 Å². The number of aliphatic hydroxyl groups is 1. The van der Waals surface area contributed by atoms with E-state index in [9.17, 15) is 23.5 Å². The van der Waals surface area contributed by atoms with Crippen LogP contribution in [0.15, 0.2) is 24.4 Å². The van der Waals surface area contributed by atoms with Crippen LogP contribution < -0.4 is 4.90 Å². The summed E-state index contributed by atoms with van der Waals surface area (Å²) in [7, 11) is 0. The molecule has 4 heterocycles. The fourth-order valence-electron chi connectivity index (χ4n) is 4.07. The third kappa shape index (κ3) is 2.97. The summed E-state index contributed by atoms with van der Waals surface area (Å²) in [6.45, 7) is 2.15. The van der Waals surface area contributed by atoms with Crippen LogP contribution >= 0.6 is 11.6 Å². The minimum Gasteiger partial charge on any atom is -0.389 e. The molecular weight excluding hydrogens is 445 g/mol. The van der Waals surface area contributed by atoms with Crippen molar-refractivity contribution < 1.29 is 18.3 Å². The van der Waals surface area contributed by atoms with Crippen LogP contribution in [0.2, 0.25) is 5.02 Å². The van der Waals surface area contributed by atoms with Gasteiger partial charge in [-0.3, -0.25) is 4.98 Å². The first-order chi connectivity index (χ1) is 15.3. The molecule has 0 radical (unpaired) electrons. The van der Waals surface area contributed by atoms with Gasteiger partial charge in [0, 0.05) is 36.3 Å². The van der Waals surface area contributed by atoms with Crippen LogP contribution in [0, 0.1) is 24.1 Å². The molecule has 5 rings (SSSR count). The molecule has 11 heteroatoms. The predicted molar refractivity (Wildman–Crippen MR) is 111 cm³/mol. The van der Waals surface area contributed by atoms with Crippen molar-refractivity contribution in [2.75, 3.05) is 18.0 Å². The van der Waals surface area contributed by atoms with E-state index in [1.165, 1.54) is 22.8 Å². The molecule has 3 aromatic heterocycles. The van der Waals surface area contributed by atoms with Crippen molar-refractivity contribution >= 4 is 34.0 Å². The lowest BCUT2D eigenvalue weighted by molar-refractivity contribution is 0.140. The van der Waals surface area contributed by atoms with E-state index in [1.807, 2.05) is 0 Å². The average Bonchev–Trinajstić information content (AvgIpc) is 3.08. The number of hydrogen-bond acceptors (Lipinski definition) is 6. The lowest BCUT2D eigenvalue weighted by Gasteiger charge is -2.39. The molecule has 0 aliphatic carbocycles. The number of fused-ring (bicyclic) bond motifs is 2. The van der Waals surface area contributed by atoms with Gasteiger partial charge in [0.1, 0.15) is 29.0 Å². The van der Waals surface area contributed by atoms with Crippen LogP contribution in [-0.2, 0) is 0 Å². The predicted octanol–water partition coefficient (Wildman–Crippen LogP) is 4.04. The first-order valence-electron chi connectivity index (χ1n) is 9.58. The van der Waals surface area contributed by atoms with E-state index >= 15 is 0 Å². The fourth-order valence-corrected chi connectivity index (χ4v) is 4.37. The van der Waals surface area contributed by atoms with Crippen LogP contribution in [0.1, 0.15) is 23.4 Å². The number of pyridine rings is 1. The van der Waals surface area contributed by atoms with Crippen LogP contribution in [-0.4, -0.2) is 43.9 Å². The lowest BCUT2D eigenvalue weighted by atomic mass is 9.98. The van der Waals surface area contributed by atoms with Crippen molar-refractivity contribution in [2.45, 2.75) is 19.5 Å². The van der Waals surface area contributed by atoms with Gasteiger partial charge in [-0.2, -0.15) is 14.9 Å². The Labute approximate surface area is 184 Å². The molecule has 7 nitrogen and oxygen atoms in total. The van der Waals surface area contributed by atoms with Gasteiger partial charge in [-0.15, -0.1) is 0 Å². The number of alkyl halides is 2. The van der Waals surface area contributed by atoms with Gasteiger partial charge < -0.3 is 10.0 Å². The molecule has 1 aromatic carbocycles. The zero-order valence-electron chi connectivity index (χ0n) is 16.5. The van der Waals surface area contributed by atoms with E-state index in [0.717, 1.165) is 0 Å². The summed E-state index contributed by atoms with van der Waals surface area (Å²) in [5, 5.41) is 24.0. The molecule has 0 unspecified atom stereocenters. The summed E-state index contributed by atoms with van der Waals surface area (Å²) in [5.41, 5.74) is 0.826. The maximum absolute atomic E-state index is 13.9. The number of β-amino-alcohol motifs (C(OH)–C–C–N with tert-alkyl or cyclic N) is 1. The first kappa shape index (κ1) is 20.5. The number of nitriles is 1. The normalized spacial score (nSPS) is 14.4. The van der Waals surface area contributed by atoms with Gasteiger partial charge in [0.05, 0.1) is 22.3 Å². The number of nitrogens with zero attached hydrogens (tertiary/aromatic N) is 6. The number of hydrogen-bond donors (Lipinski definition) is 1. The Morgan fingerprint density at radius 3 is 2.72 bits per heavy atom. The topological polar surface area (TPSA) is 90.3 Å². The van der Waals surface area contributed by atoms with E-state index < -0.39 is 24.0 Å². The van der Waals surface area contributed by atoms with Crippen LogP contribution in [0.4, 0.5) is 19.0 Å². The molecule has 32 heavy (non-hydrogen) atoms. The summed E-state index contributed by atoms with van der Waals surface area (Å²) < 4.78 is 42.3. The second kappa shape index (κ2) is 7.32. The molecule has 0 bridgehead atoms. The minimum atomic E-state index is -2.97. The second-order valence-electron chi connectivity index (χ2n) is 7.50. The summed E-state index contributed by atoms with van der Waals surface area (Å²) in [5.74, 6) is -0.162. The highest BCUT2D eigenvalue weighted by atomic mass is 35.5. The number of halogens is 4. The molecule has 1 aliphatic heterocycles. The lowest BCUT2D eigenvalue weighted by Crippen LogP contribution is -2.51. The van der Waals surface area contributed by atoms with Crippen molar-refractivity contribution in [3.8, 4) is 17.2 Å². The van der Waals surface area contributed by atoms with Gasteiger partial charge in [-0.1, -0.05) is 11.6 Å². The van der Waals surface area contributed by atoms with E-state index in [-0.39, 0.29) is 29.3 Å². The van der Waals surface area contributed by atoms with Gasteiger partial charge >= 0.3 is 0 Å². The number of benzene rings is 1. The molecular formula is C21H14ClF3N6O. The second-order valence-corrected chi connectivity index (χ2v) is 7.91. The molecule has 162 valence electrons. The molecule has 1 aliphatic rings. The van der Waals surface area contributed by atoms with Crippen molar-refractivity contribution in [1.82, 2.24) is 19.6 Å². The highest BCUT2D eigenvalue weighted by Crippen LogP contribution is 2.42. The molecule has 1 N–H and O–H groups in total. The number of anilines is 1. The fraction of sp³-hybridized carbons (Fsp3) is 0.238. The number of aryl methyl sites for hydroxylation is 1. The molecule has 1 saturated heterocycles. The quantitative estimate of drug-likeness (QED) is 0.498. The zero-order valence-corrected chi connectivity index (χ0v) is 17.3. The average molecular weight is 459 g/mol. The monoisotopic (exact) mass is 458 g/mol. The molecule has 0 atom stereocenters. The van der Waals surface area contributed by atoms with Crippen molar-refractivity contribution in [1.29, 1.82) is 5.26 Å². The van der Waals surface area contributed by atoms with Gasteiger partial charge in [0.25, 0.3) is 6.43 Å². The summed E-state index contributed by atoms with van der Waals surface area (Å²) >= 11 is 6.37. The van der Waals surface area contributed by atoms with Crippen molar-refractivity contribution in [3.63, 3.8) is 0 Å². The highest BCUT2D eigenvalue weighted by Gasteiger charge is 2.33. The van der Waals surface area contributed by atoms with Gasteiger partial charge in [0.2, 0.25) is 0 Å². The molecule has 0 spiro atoms. The summed E-state index contributed by atoms with van der Waals surface area (Å²) in [4.78, 5) is 10.4. The highest BCUT2D eigenvalue weighted by molar-refractivity contribution is 6.36. The van der Waals surface area contributed by atoms with Gasteiger partial charge in [0.15, 0.2) is 5.65 Å². The van der Waals surface area contributed by atoms with E-state index in [4.69, 9.17) is 11.6 Å². The van der Waals surface area contributed by atoms with E-state index in [0.29, 0.717) is 33.5 Å². The van der Waals surface area contributed by atoms with Crippen molar-refractivity contribution in [3.05, 3.63) is 52.2 Å². The smallest absolute Gasteiger partial charge is 0.283 e. The Balaban J connectivity index is 1.91. The van der Waals surface area contributed by atoms with Crippen LogP contribution in [0.25, 0.3) is 27.7 Å². The van der Waals surface area contributed by atoms with Crippen molar-refractivity contribution in [2.24, 2.45) is 0 Å². The Kier molecular flexibility index (Phi) is 4.69. The number of rotatable bonds is 3. The maximum atomic E-state index is 13.9. The largest absolute Gasteiger partial charge is 0.389 e. The summed E-state index contributed by atoms with van der Waals surface area (Å²) in [6.07, 6.45) is -2.08. The summed E-state index contributed by atoms with van der Waals surface area (Å²) in [6, 6.07) is 5.86. The van der Waals surface area contributed by atoms with Crippen LogP contribution in [0.3, 0.4) is 0 Å². The standard InChI is InChI=1S/C21H14ClF3N6O/c1-9-16(12-2-3-27-15-5-10(23)4-14(22)17(12)15)21(30-7-11(32)8-30)31-20(28-9)13(6-26)18(29-31)19(24)25/h2-5,11,19,32H,7-8H2,1H3. The third-order valence-electron chi connectivity index (χ3n) is 5.46. The maximum Gasteiger partial charge on any atom is 0.283 e. The molecule has 0 amide bonds. The Morgan fingerprint density at radius 1 is 1.31 bits per heavy atom. The minimum absolute atomic E-state index is 0.00376. The molecule has 1 fully saturated rings. The first-order valence-corrected chi connectivity index (χ1v) is 9.96. The Bertz CT molecular complexity index is 1440.